The van der Waals surface area contributed by atoms with Crippen LogP contribution in [0.1, 0.15) is 16.7 Å². The number of aromatic nitrogens is 2. The number of para-hydroxylation sites is 4. The molecule has 8 heteroatoms. The lowest BCUT2D eigenvalue weighted by molar-refractivity contribution is -0.137. The number of aryl methyl sites for hydroxylation is 1. The quantitative estimate of drug-likeness (QED) is 0.177. The van der Waals surface area contributed by atoms with Gasteiger partial charge in [-0.15, -0.1) is 0 Å². The minimum Gasteiger partial charge on any atom is -0.455 e. The zero-order chi connectivity index (χ0) is 43.7. The third kappa shape index (κ3) is 5.27. The zero-order valence-corrected chi connectivity index (χ0v) is 34.5. The Morgan fingerprint density at radius 2 is 0.985 bits per heavy atom. The molecule has 9 aromatic carbocycles. The third-order valence-corrected chi connectivity index (χ3v) is 13.1. The first-order valence-electron chi connectivity index (χ1n) is 21.3. The summed E-state index contributed by atoms with van der Waals surface area (Å²) >= 11 is 0. The number of nitriles is 1. The summed E-state index contributed by atoms with van der Waals surface area (Å²) in [5.41, 5.74) is 10.2. The zero-order valence-electron chi connectivity index (χ0n) is 34.5. The van der Waals surface area contributed by atoms with Crippen LogP contribution in [0, 0.1) is 18.3 Å². The van der Waals surface area contributed by atoms with Crippen molar-refractivity contribution in [2.45, 2.75) is 13.1 Å². The van der Waals surface area contributed by atoms with Gasteiger partial charge < -0.3 is 18.0 Å². The largest absolute Gasteiger partial charge is 0.455 e. The third-order valence-electron chi connectivity index (χ3n) is 13.1. The average Bonchev–Trinajstić information content (AvgIpc) is 4.08. The summed E-state index contributed by atoms with van der Waals surface area (Å²) in [6.07, 6.45) is -4.60. The second-order valence-electron chi connectivity index (χ2n) is 16.6. The van der Waals surface area contributed by atoms with Gasteiger partial charge in [-0.25, -0.2) is 0 Å². The number of alkyl halides is 3. The van der Waals surface area contributed by atoms with Crippen LogP contribution in [-0.4, -0.2) is 9.13 Å². The molecule has 5 nitrogen and oxygen atoms in total. The summed E-state index contributed by atoms with van der Waals surface area (Å²) in [5, 5.41) is 18.2. The molecule has 13 aromatic rings. The number of halogens is 3. The lowest BCUT2D eigenvalue weighted by Gasteiger charge is -2.21. The Balaban J connectivity index is 1.17. The van der Waals surface area contributed by atoms with Gasteiger partial charge in [0.25, 0.3) is 0 Å². The van der Waals surface area contributed by atoms with E-state index >= 15 is 0 Å². The van der Waals surface area contributed by atoms with Crippen molar-refractivity contribution >= 4 is 87.5 Å². The molecule has 0 saturated carbocycles. The highest BCUT2D eigenvalue weighted by Gasteiger charge is 2.35. The van der Waals surface area contributed by atoms with Crippen LogP contribution in [0.25, 0.3) is 121 Å². The lowest BCUT2D eigenvalue weighted by atomic mass is 9.91. The Kier molecular flexibility index (Phi) is 7.68. The first-order chi connectivity index (χ1) is 31.8. The molecule has 65 heavy (non-hydrogen) atoms. The van der Waals surface area contributed by atoms with Crippen molar-refractivity contribution < 1.29 is 22.0 Å². The van der Waals surface area contributed by atoms with Gasteiger partial charge in [0.2, 0.25) is 0 Å². The second-order valence-corrected chi connectivity index (χ2v) is 16.6. The predicted molar refractivity (Wildman–Crippen MR) is 255 cm³/mol. The number of hydrogen-bond acceptors (Lipinski definition) is 3. The molecular formula is C57H32F3N3O2. The van der Waals surface area contributed by atoms with Crippen molar-refractivity contribution in [2.24, 2.45) is 0 Å². The minimum absolute atomic E-state index is 0.116. The molecule has 0 N–H and O–H groups in total. The van der Waals surface area contributed by atoms with Crippen molar-refractivity contribution in [2.75, 3.05) is 0 Å². The Hall–Kier alpha value is -8.54. The van der Waals surface area contributed by atoms with E-state index in [0.717, 1.165) is 110 Å². The molecule has 4 heterocycles. The molecule has 0 aliphatic rings. The van der Waals surface area contributed by atoms with Crippen LogP contribution in [0.5, 0.6) is 0 Å². The predicted octanol–water partition coefficient (Wildman–Crippen LogP) is 16.2. The fraction of sp³-hybridized carbons (Fsp3) is 0.0351. The summed E-state index contributed by atoms with van der Waals surface area (Å²) in [5.74, 6) is 0. The molecule has 13 rings (SSSR count). The number of hydrogen-bond donors (Lipinski definition) is 0. The maximum atomic E-state index is 14.9. The fourth-order valence-corrected chi connectivity index (χ4v) is 10.4. The van der Waals surface area contributed by atoms with E-state index in [1.807, 2.05) is 91.0 Å². The number of furan rings is 2. The number of nitrogens with zero attached hydrogens (tertiary/aromatic N) is 3. The summed E-state index contributed by atoms with van der Waals surface area (Å²) in [6.45, 7) is 1.72. The first kappa shape index (κ1) is 37.1. The summed E-state index contributed by atoms with van der Waals surface area (Å²) in [6, 6.07) is 58.5. The van der Waals surface area contributed by atoms with E-state index in [1.54, 1.807) is 25.1 Å². The van der Waals surface area contributed by atoms with Gasteiger partial charge in [0.05, 0.1) is 61.4 Å². The number of benzene rings is 9. The Bertz CT molecular complexity index is 4210. The number of rotatable bonds is 4. The van der Waals surface area contributed by atoms with Gasteiger partial charge >= 0.3 is 6.18 Å². The van der Waals surface area contributed by atoms with Crippen LogP contribution in [-0.2, 0) is 6.18 Å². The molecule has 0 spiro atoms. The van der Waals surface area contributed by atoms with Gasteiger partial charge in [-0.3, -0.25) is 0 Å². The molecule has 0 radical (unpaired) electrons. The summed E-state index contributed by atoms with van der Waals surface area (Å²) in [4.78, 5) is 0. The molecular weight excluding hydrogens is 816 g/mol. The molecule has 0 atom stereocenters. The average molecular weight is 848 g/mol. The second kappa shape index (κ2) is 13.5. The van der Waals surface area contributed by atoms with Crippen molar-refractivity contribution in [3.05, 3.63) is 193 Å². The molecule has 0 unspecified atom stereocenters. The van der Waals surface area contributed by atoms with E-state index in [0.29, 0.717) is 22.4 Å². The summed E-state index contributed by atoms with van der Waals surface area (Å²) < 4.78 is 62.4. The Morgan fingerprint density at radius 1 is 0.477 bits per heavy atom. The maximum absolute atomic E-state index is 14.9. The van der Waals surface area contributed by atoms with Crippen LogP contribution >= 0.6 is 0 Å². The van der Waals surface area contributed by atoms with E-state index in [2.05, 4.69) is 69.8 Å². The van der Waals surface area contributed by atoms with Crippen LogP contribution in [0.15, 0.2) is 185 Å². The molecule has 0 saturated heterocycles. The van der Waals surface area contributed by atoms with Crippen LogP contribution in [0.2, 0.25) is 0 Å². The highest BCUT2D eigenvalue weighted by Crippen LogP contribution is 2.47. The van der Waals surface area contributed by atoms with Crippen molar-refractivity contribution in [1.82, 2.24) is 9.13 Å². The van der Waals surface area contributed by atoms with Crippen LogP contribution in [0.4, 0.5) is 13.2 Å². The van der Waals surface area contributed by atoms with E-state index in [4.69, 9.17) is 8.83 Å². The SMILES string of the molecule is Cc1cccc(C(F)(F)F)c1-c1ccc(-c2ccc(C#N)cc2-n2c3ccccc3c3c4oc5ccccc5c4ccc32)c(-n2c3ccccc3c3c4oc5ccccc5c4ccc32)c1. The Morgan fingerprint density at radius 3 is 1.54 bits per heavy atom. The highest BCUT2D eigenvalue weighted by molar-refractivity contribution is 6.25. The van der Waals surface area contributed by atoms with E-state index in [9.17, 15) is 18.4 Å². The minimum atomic E-state index is -4.60. The molecule has 4 aromatic heterocycles. The Labute approximate surface area is 368 Å². The van der Waals surface area contributed by atoms with Gasteiger partial charge in [-0.2, -0.15) is 18.4 Å². The first-order valence-corrected chi connectivity index (χ1v) is 21.3. The molecule has 0 bridgehead atoms. The van der Waals surface area contributed by atoms with E-state index in [-0.39, 0.29) is 5.56 Å². The van der Waals surface area contributed by atoms with Crippen LogP contribution < -0.4 is 0 Å². The van der Waals surface area contributed by atoms with Gasteiger partial charge in [-0.05, 0) is 96.4 Å². The van der Waals surface area contributed by atoms with Gasteiger partial charge in [0.15, 0.2) is 0 Å². The molecule has 308 valence electrons. The lowest BCUT2D eigenvalue weighted by Crippen LogP contribution is -2.08. The van der Waals surface area contributed by atoms with E-state index < -0.39 is 11.7 Å². The van der Waals surface area contributed by atoms with Crippen LogP contribution in [0.3, 0.4) is 0 Å². The van der Waals surface area contributed by atoms with Gasteiger partial charge in [0, 0.05) is 43.4 Å². The fourth-order valence-electron chi connectivity index (χ4n) is 10.4. The molecule has 0 amide bonds. The normalized spacial score (nSPS) is 12.3. The monoisotopic (exact) mass is 847 g/mol. The topological polar surface area (TPSA) is 59.9 Å². The van der Waals surface area contributed by atoms with E-state index in [1.165, 1.54) is 6.07 Å². The van der Waals surface area contributed by atoms with Crippen molar-refractivity contribution in [1.29, 1.82) is 5.26 Å². The summed E-state index contributed by atoms with van der Waals surface area (Å²) in [7, 11) is 0. The highest BCUT2D eigenvalue weighted by atomic mass is 19.4. The standard InChI is InChI=1S/C57H32F3N3O2/c1-32-11-10-16-43(57(58,59)60)52(32)34-22-24-36(49(30-34)63-45-18-7-3-15-42(45)54-47(63)28-26-40-38-13-5-9-20-51(38)65-56(40)54)35-23-21-33(31-61)29-48(35)62-44-17-6-2-14-41(44)53-46(62)27-25-39-37-12-4-8-19-50(37)64-55(39)53/h2-30H,1H3. The molecule has 0 fully saturated rings. The smallest absolute Gasteiger partial charge is 0.417 e. The van der Waals surface area contributed by atoms with Crippen molar-refractivity contribution in [3.63, 3.8) is 0 Å². The maximum Gasteiger partial charge on any atom is 0.417 e. The van der Waals surface area contributed by atoms with Crippen molar-refractivity contribution in [3.8, 4) is 39.7 Å². The molecule has 0 aliphatic carbocycles. The van der Waals surface area contributed by atoms with Gasteiger partial charge in [0.1, 0.15) is 22.3 Å². The van der Waals surface area contributed by atoms with Gasteiger partial charge in [-0.1, -0.05) is 103 Å². The number of fused-ring (bicyclic) bond motifs is 14. The molecule has 0 aliphatic heterocycles.